The molecule has 0 aromatic heterocycles. The second-order valence-electron chi connectivity index (χ2n) is 4.83. The monoisotopic (exact) mass is 295 g/mol. The summed E-state index contributed by atoms with van der Waals surface area (Å²) >= 11 is 0. The van der Waals surface area contributed by atoms with E-state index in [1.54, 1.807) is 42.5 Å². The fourth-order valence-corrected chi connectivity index (χ4v) is 2.35. The van der Waals surface area contributed by atoms with Crippen molar-refractivity contribution in [1.29, 1.82) is 0 Å². The summed E-state index contributed by atoms with van der Waals surface area (Å²) in [5, 5.41) is 12.8. The van der Waals surface area contributed by atoms with Crippen molar-refractivity contribution < 1.29 is 19.0 Å². The third kappa shape index (κ3) is 2.63. The SMILES string of the molecule is O=C([O-])c1c(OCc2ccccc2F)ccc2ccccc12. The van der Waals surface area contributed by atoms with Crippen molar-refractivity contribution in [2.45, 2.75) is 6.61 Å². The number of carboxylic acid groups (broad SMARTS) is 1. The molecule has 0 aliphatic carbocycles. The van der Waals surface area contributed by atoms with Crippen molar-refractivity contribution in [3.63, 3.8) is 0 Å². The molecule has 0 aliphatic rings. The summed E-state index contributed by atoms with van der Waals surface area (Å²) in [6, 6.07) is 16.6. The van der Waals surface area contributed by atoms with Crippen molar-refractivity contribution in [3.05, 3.63) is 77.6 Å². The molecule has 0 N–H and O–H groups in total. The van der Waals surface area contributed by atoms with Gasteiger partial charge in [0, 0.05) is 11.1 Å². The lowest BCUT2D eigenvalue weighted by Crippen LogP contribution is -2.23. The number of fused-ring (bicyclic) bond motifs is 1. The van der Waals surface area contributed by atoms with Crippen LogP contribution in [0.3, 0.4) is 0 Å². The van der Waals surface area contributed by atoms with Gasteiger partial charge in [-0.25, -0.2) is 4.39 Å². The summed E-state index contributed by atoms with van der Waals surface area (Å²) in [5.41, 5.74) is 0.342. The van der Waals surface area contributed by atoms with Crippen LogP contribution in [0.25, 0.3) is 10.8 Å². The summed E-state index contributed by atoms with van der Waals surface area (Å²) in [6.45, 7) is -0.0503. The van der Waals surface area contributed by atoms with E-state index in [1.165, 1.54) is 6.07 Å². The molecular weight excluding hydrogens is 283 g/mol. The molecule has 22 heavy (non-hydrogen) atoms. The van der Waals surface area contributed by atoms with Gasteiger partial charge in [0.25, 0.3) is 0 Å². The van der Waals surface area contributed by atoms with Gasteiger partial charge in [0.05, 0.1) is 5.97 Å². The first-order valence-corrected chi connectivity index (χ1v) is 6.76. The minimum absolute atomic E-state index is 0.0190. The Morgan fingerprint density at radius 2 is 1.73 bits per heavy atom. The lowest BCUT2D eigenvalue weighted by molar-refractivity contribution is -0.254. The number of carbonyl (C=O) groups excluding carboxylic acids is 1. The lowest BCUT2D eigenvalue weighted by atomic mass is 10.0. The minimum atomic E-state index is -1.32. The summed E-state index contributed by atoms with van der Waals surface area (Å²) in [5.74, 6) is -1.54. The van der Waals surface area contributed by atoms with Crippen LogP contribution in [0.1, 0.15) is 15.9 Å². The smallest absolute Gasteiger partial charge is 0.129 e. The number of benzene rings is 3. The van der Waals surface area contributed by atoms with E-state index in [4.69, 9.17) is 4.74 Å². The lowest BCUT2D eigenvalue weighted by Gasteiger charge is -2.15. The molecule has 0 atom stereocenters. The Bertz CT molecular complexity index is 843. The highest BCUT2D eigenvalue weighted by Gasteiger charge is 2.11. The van der Waals surface area contributed by atoms with Gasteiger partial charge in [0.15, 0.2) is 0 Å². The summed E-state index contributed by atoms with van der Waals surface area (Å²) in [6.07, 6.45) is 0. The van der Waals surface area contributed by atoms with Crippen molar-refractivity contribution in [2.24, 2.45) is 0 Å². The highest BCUT2D eigenvalue weighted by Crippen LogP contribution is 2.28. The molecule has 0 heterocycles. The van der Waals surface area contributed by atoms with Crippen molar-refractivity contribution in [1.82, 2.24) is 0 Å². The van der Waals surface area contributed by atoms with Crippen LogP contribution in [0.2, 0.25) is 0 Å². The topological polar surface area (TPSA) is 49.4 Å². The molecule has 0 spiro atoms. The van der Waals surface area contributed by atoms with Gasteiger partial charge >= 0.3 is 0 Å². The molecule has 0 amide bonds. The number of carbonyl (C=O) groups is 1. The van der Waals surface area contributed by atoms with E-state index >= 15 is 0 Å². The Kier molecular flexibility index (Phi) is 3.74. The van der Waals surface area contributed by atoms with Crippen LogP contribution in [-0.2, 0) is 6.61 Å². The van der Waals surface area contributed by atoms with Crippen LogP contribution in [0.4, 0.5) is 4.39 Å². The summed E-state index contributed by atoms with van der Waals surface area (Å²) in [7, 11) is 0. The van der Waals surface area contributed by atoms with E-state index < -0.39 is 11.8 Å². The van der Waals surface area contributed by atoms with Crippen LogP contribution in [-0.4, -0.2) is 5.97 Å². The Labute approximate surface area is 126 Å². The highest BCUT2D eigenvalue weighted by atomic mass is 19.1. The zero-order chi connectivity index (χ0) is 15.5. The standard InChI is InChI=1S/C18H13FO3/c19-15-8-4-2-6-13(15)11-22-16-10-9-12-5-1-3-7-14(12)17(16)18(20)21/h1-10H,11H2,(H,20,21)/p-1. The van der Waals surface area contributed by atoms with Crippen LogP contribution < -0.4 is 9.84 Å². The number of rotatable bonds is 4. The molecule has 3 rings (SSSR count). The zero-order valence-corrected chi connectivity index (χ0v) is 11.6. The molecule has 110 valence electrons. The third-order valence-electron chi connectivity index (χ3n) is 3.44. The number of carboxylic acids is 1. The zero-order valence-electron chi connectivity index (χ0n) is 11.6. The second kappa shape index (κ2) is 5.85. The predicted octanol–water partition coefficient (Wildman–Crippen LogP) is 2.92. The minimum Gasteiger partial charge on any atom is -0.545 e. The highest BCUT2D eigenvalue weighted by molar-refractivity contribution is 6.05. The van der Waals surface area contributed by atoms with Gasteiger partial charge in [-0.05, 0) is 22.9 Å². The van der Waals surface area contributed by atoms with Gasteiger partial charge < -0.3 is 14.6 Å². The quantitative estimate of drug-likeness (QED) is 0.743. The van der Waals surface area contributed by atoms with Crippen molar-refractivity contribution in [3.8, 4) is 5.75 Å². The van der Waals surface area contributed by atoms with Gasteiger partial charge in [0.2, 0.25) is 0 Å². The van der Waals surface area contributed by atoms with Crippen LogP contribution in [0, 0.1) is 5.82 Å². The number of aromatic carboxylic acids is 1. The van der Waals surface area contributed by atoms with E-state index in [2.05, 4.69) is 0 Å². The molecule has 4 heteroatoms. The Morgan fingerprint density at radius 3 is 2.50 bits per heavy atom. The van der Waals surface area contributed by atoms with Crippen LogP contribution >= 0.6 is 0 Å². The van der Waals surface area contributed by atoms with Crippen molar-refractivity contribution >= 4 is 16.7 Å². The average Bonchev–Trinajstić information content (AvgIpc) is 2.53. The maximum Gasteiger partial charge on any atom is 0.129 e. The first-order valence-electron chi connectivity index (χ1n) is 6.76. The fourth-order valence-electron chi connectivity index (χ4n) is 2.35. The molecule has 3 aromatic carbocycles. The summed E-state index contributed by atoms with van der Waals surface area (Å²) < 4.78 is 19.1. The Hall–Kier alpha value is -2.88. The fraction of sp³-hybridized carbons (Fsp3) is 0.0556. The van der Waals surface area contributed by atoms with Gasteiger partial charge in [-0.3, -0.25) is 0 Å². The van der Waals surface area contributed by atoms with Crippen molar-refractivity contribution in [2.75, 3.05) is 0 Å². The number of ether oxygens (including phenoxy) is 1. The molecular formula is C18H12FO3-. The third-order valence-corrected chi connectivity index (χ3v) is 3.44. The maximum absolute atomic E-state index is 13.6. The second-order valence-corrected chi connectivity index (χ2v) is 4.83. The van der Waals surface area contributed by atoms with E-state index in [0.29, 0.717) is 10.9 Å². The molecule has 0 radical (unpaired) electrons. The number of halogens is 1. The van der Waals surface area contributed by atoms with E-state index in [-0.39, 0.29) is 17.9 Å². The normalized spacial score (nSPS) is 10.6. The molecule has 3 nitrogen and oxygen atoms in total. The van der Waals surface area contributed by atoms with Gasteiger partial charge in [-0.1, -0.05) is 48.5 Å². The number of hydrogen-bond acceptors (Lipinski definition) is 3. The molecule has 0 saturated carbocycles. The van der Waals surface area contributed by atoms with Gasteiger partial charge in [-0.2, -0.15) is 0 Å². The first kappa shape index (κ1) is 14.1. The first-order chi connectivity index (χ1) is 10.7. The Balaban J connectivity index is 1.98. The van der Waals surface area contributed by atoms with E-state index in [1.807, 2.05) is 12.1 Å². The predicted molar refractivity (Wildman–Crippen MR) is 79.0 cm³/mol. The van der Waals surface area contributed by atoms with E-state index in [9.17, 15) is 14.3 Å². The molecule has 0 saturated heterocycles. The van der Waals surface area contributed by atoms with E-state index in [0.717, 1.165) is 5.39 Å². The maximum atomic E-state index is 13.6. The van der Waals surface area contributed by atoms with Crippen LogP contribution in [0.15, 0.2) is 60.7 Å². The largest absolute Gasteiger partial charge is 0.545 e. The van der Waals surface area contributed by atoms with Crippen LogP contribution in [0.5, 0.6) is 5.75 Å². The number of hydrogen-bond donors (Lipinski definition) is 0. The Morgan fingerprint density at radius 1 is 1.00 bits per heavy atom. The summed E-state index contributed by atoms with van der Waals surface area (Å²) in [4.78, 5) is 11.4. The molecule has 0 unspecified atom stereocenters. The molecule has 0 bridgehead atoms. The molecule has 0 aliphatic heterocycles. The average molecular weight is 295 g/mol. The van der Waals surface area contributed by atoms with Gasteiger partial charge in [0.1, 0.15) is 18.2 Å². The molecule has 0 fully saturated rings. The molecule has 3 aromatic rings. The van der Waals surface area contributed by atoms with Gasteiger partial charge in [-0.15, -0.1) is 0 Å².